The molecule has 2 N–H and O–H groups in total. The zero-order chi connectivity index (χ0) is 15.0. The summed E-state index contributed by atoms with van der Waals surface area (Å²) in [6.45, 7) is 0. The monoisotopic (exact) mass is 349 g/mol. The van der Waals surface area contributed by atoms with Gasteiger partial charge in [0.15, 0.2) is 5.82 Å². The summed E-state index contributed by atoms with van der Waals surface area (Å²) in [5, 5.41) is 4.99. The van der Waals surface area contributed by atoms with Gasteiger partial charge in [0.2, 0.25) is 0 Å². The number of rotatable bonds is 3. The van der Waals surface area contributed by atoms with Crippen LogP contribution in [0.5, 0.6) is 0 Å². The summed E-state index contributed by atoms with van der Waals surface area (Å²) >= 11 is 1.52. The Morgan fingerprint density at radius 3 is 2.65 bits per heavy atom. The van der Waals surface area contributed by atoms with E-state index in [4.69, 9.17) is 10.3 Å². The van der Waals surface area contributed by atoms with Gasteiger partial charge in [0.05, 0.1) is 11.7 Å². The van der Waals surface area contributed by atoms with Crippen molar-refractivity contribution in [1.82, 2.24) is 20.1 Å². The lowest BCUT2D eigenvalue weighted by atomic mass is 9.99. The van der Waals surface area contributed by atoms with Gasteiger partial charge in [0.25, 0.3) is 5.89 Å². The van der Waals surface area contributed by atoms with E-state index in [0.29, 0.717) is 11.7 Å². The predicted molar refractivity (Wildman–Crippen MR) is 90.2 cm³/mol. The first-order chi connectivity index (χ1) is 10.7. The van der Waals surface area contributed by atoms with Crippen molar-refractivity contribution < 1.29 is 4.52 Å². The molecule has 0 amide bonds. The van der Waals surface area contributed by atoms with Crippen molar-refractivity contribution in [2.75, 3.05) is 0 Å². The molecule has 6 nitrogen and oxygen atoms in total. The molecule has 0 unspecified atom stereocenters. The highest BCUT2D eigenvalue weighted by molar-refractivity contribution is 7.18. The van der Waals surface area contributed by atoms with Gasteiger partial charge in [-0.15, -0.1) is 23.7 Å². The van der Waals surface area contributed by atoms with E-state index >= 15 is 0 Å². The number of nitrogens with two attached hydrogens (primary N) is 1. The van der Waals surface area contributed by atoms with Gasteiger partial charge in [-0.1, -0.05) is 18.0 Å². The molecule has 3 aromatic rings. The van der Waals surface area contributed by atoms with Crippen LogP contribution < -0.4 is 5.73 Å². The number of nitrogens with zero attached hydrogens (tertiary/aromatic N) is 4. The summed E-state index contributed by atoms with van der Waals surface area (Å²) in [5.41, 5.74) is 6.96. The molecule has 0 aromatic carbocycles. The van der Waals surface area contributed by atoms with Gasteiger partial charge in [-0.25, -0.2) is 4.98 Å². The minimum atomic E-state index is -0.430. The van der Waals surface area contributed by atoms with Crippen molar-refractivity contribution in [3.63, 3.8) is 0 Å². The molecular formula is C15H16ClN5OS. The molecule has 4 rings (SSSR count). The van der Waals surface area contributed by atoms with Crippen LogP contribution >= 0.6 is 23.7 Å². The van der Waals surface area contributed by atoms with Crippen molar-refractivity contribution in [2.45, 2.75) is 31.2 Å². The normalized spacial score (nSPS) is 16.2. The van der Waals surface area contributed by atoms with Crippen LogP contribution in [0.4, 0.5) is 0 Å². The van der Waals surface area contributed by atoms with Crippen molar-refractivity contribution in [3.05, 3.63) is 36.5 Å². The van der Waals surface area contributed by atoms with E-state index < -0.39 is 5.54 Å². The standard InChI is InChI=1S/C15H15N5OS.ClH/c16-15(5-1-2-6-15)14-19-12(21-20-14)11-9-18-13(22-11)10-3-7-17-8-4-10;/h3-4,7-9H,1-2,5-6,16H2;1H. The lowest BCUT2D eigenvalue weighted by molar-refractivity contribution is 0.373. The second-order valence-electron chi connectivity index (χ2n) is 5.55. The number of hydrogen-bond acceptors (Lipinski definition) is 7. The third-order valence-corrected chi connectivity index (χ3v) is 5.05. The molecule has 0 saturated heterocycles. The fourth-order valence-corrected chi connectivity index (χ4v) is 3.60. The molecule has 120 valence electrons. The first kappa shape index (κ1) is 16.0. The third kappa shape index (κ3) is 2.99. The summed E-state index contributed by atoms with van der Waals surface area (Å²) in [6.07, 6.45) is 9.32. The molecule has 0 spiro atoms. The number of pyridine rings is 1. The Morgan fingerprint density at radius 2 is 1.91 bits per heavy atom. The van der Waals surface area contributed by atoms with E-state index in [1.165, 1.54) is 11.3 Å². The lowest BCUT2D eigenvalue weighted by Gasteiger charge is -2.17. The smallest absolute Gasteiger partial charge is 0.269 e. The first-order valence-corrected chi connectivity index (χ1v) is 8.06. The second kappa shape index (κ2) is 6.35. The number of aromatic nitrogens is 4. The van der Waals surface area contributed by atoms with Crippen LogP contribution in [0, 0.1) is 0 Å². The zero-order valence-electron chi connectivity index (χ0n) is 12.3. The minimum Gasteiger partial charge on any atom is -0.333 e. The fourth-order valence-electron chi connectivity index (χ4n) is 2.76. The highest BCUT2D eigenvalue weighted by Crippen LogP contribution is 2.36. The van der Waals surface area contributed by atoms with Gasteiger partial charge in [0.1, 0.15) is 9.88 Å². The number of hydrogen-bond donors (Lipinski definition) is 1. The fraction of sp³-hybridized carbons (Fsp3) is 0.333. The lowest BCUT2D eigenvalue weighted by Crippen LogP contribution is -2.34. The maximum absolute atomic E-state index is 6.36. The van der Waals surface area contributed by atoms with Crippen LogP contribution in [0.2, 0.25) is 0 Å². The quantitative estimate of drug-likeness (QED) is 0.779. The van der Waals surface area contributed by atoms with Gasteiger partial charge in [0, 0.05) is 18.0 Å². The van der Waals surface area contributed by atoms with Gasteiger partial charge in [-0.3, -0.25) is 4.98 Å². The van der Waals surface area contributed by atoms with E-state index in [-0.39, 0.29) is 12.4 Å². The average Bonchev–Trinajstić information content (AvgIpc) is 3.28. The van der Waals surface area contributed by atoms with Gasteiger partial charge in [-0.2, -0.15) is 4.98 Å². The highest BCUT2D eigenvalue weighted by atomic mass is 35.5. The number of thiazole rings is 1. The van der Waals surface area contributed by atoms with Crippen molar-refractivity contribution >= 4 is 23.7 Å². The average molecular weight is 350 g/mol. The first-order valence-electron chi connectivity index (χ1n) is 7.24. The van der Waals surface area contributed by atoms with Gasteiger partial charge < -0.3 is 10.3 Å². The van der Waals surface area contributed by atoms with E-state index in [1.54, 1.807) is 18.6 Å². The topological polar surface area (TPSA) is 90.7 Å². The molecule has 0 bridgehead atoms. The van der Waals surface area contributed by atoms with Crippen molar-refractivity contribution in [3.8, 4) is 21.3 Å². The van der Waals surface area contributed by atoms with Crippen LogP contribution in [-0.4, -0.2) is 20.1 Å². The minimum absolute atomic E-state index is 0. The van der Waals surface area contributed by atoms with E-state index in [2.05, 4.69) is 20.1 Å². The van der Waals surface area contributed by atoms with Crippen LogP contribution in [0.15, 0.2) is 35.2 Å². The highest BCUT2D eigenvalue weighted by Gasteiger charge is 2.36. The van der Waals surface area contributed by atoms with Crippen LogP contribution in [0.3, 0.4) is 0 Å². The molecule has 3 heterocycles. The Labute approximate surface area is 143 Å². The molecule has 23 heavy (non-hydrogen) atoms. The predicted octanol–water partition coefficient (Wildman–Crippen LogP) is 3.40. The molecule has 0 radical (unpaired) electrons. The molecule has 0 atom stereocenters. The Hall–Kier alpha value is -1.83. The number of halogens is 1. The van der Waals surface area contributed by atoms with Crippen molar-refractivity contribution in [1.29, 1.82) is 0 Å². The zero-order valence-corrected chi connectivity index (χ0v) is 13.9. The SMILES string of the molecule is Cl.NC1(c2noc(-c3cnc(-c4ccncc4)s3)n2)CCCC1. The molecule has 8 heteroatoms. The summed E-state index contributed by atoms with van der Waals surface area (Å²) in [6, 6.07) is 3.85. The molecule has 1 fully saturated rings. The second-order valence-corrected chi connectivity index (χ2v) is 6.58. The summed E-state index contributed by atoms with van der Waals surface area (Å²) in [7, 11) is 0. The molecule has 1 aliphatic carbocycles. The van der Waals surface area contributed by atoms with Crippen molar-refractivity contribution in [2.24, 2.45) is 5.73 Å². The van der Waals surface area contributed by atoms with Crippen LogP contribution in [0.1, 0.15) is 31.5 Å². The molecule has 0 aliphatic heterocycles. The van der Waals surface area contributed by atoms with Crippen LogP contribution in [-0.2, 0) is 5.54 Å². The molecule has 1 saturated carbocycles. The van der Waals surface area contributed by atoms with Crippen LogP contribution in [0.25, 0.3) is 21.3 Å². The summed E-state index contributed by atoms with van der Waals surface area (Å²) in [5.74, 6) is 1.10. The van der Waals surface area contributed by atoms with Gasteiger partial charge >= 0.3 is 0 Å². The van der Waals surface area contributed by atoms with E-state index in [9.17, 15) is 0 Å². The maximum Gasteiger partial charge on any atom is 0.269 e. The Morgan fingerprint density at radius 1 is 1.17 bits per heavy atom. The Kier molecular flexibility index (Phi) is 4.43. The Balaban J connectivity index is 0.00000156. The van der Waals surface area contributed by atoms with E-state index in [1.807, 2.05) is 12.1 Å². The summed E-state index contributed by atoms with van der Waals surface area (Å²) in [4.78, 5) is 13.8. The maximum atomic E-state index is 6.36. The largest absolute Gasteiger partial charge is 0.333 e. The summed E-state index contributed by atoms with van der Waals surface area (Å²) < 4.78 is 5.39. The molecule has 1 aliphatic rings. The third-order valence-electron chi connectivity index (χ3n) is 4.01. The molecular weight excluding hydrogens is 334 g/mol. The molecule has 3 aromatic heterocycles. The van der Waals surface area contributed by atoms with E-state index in [0.717, 1.165) is 41.1 Å². The van der Waals surface area contributed by atoms with Gasteiger partial charge in [-0.05, 0) is 25.0 Å². The Bertz CT molecular complexity index is 782.